The Balaban J connectivity index is 1.47. The Morgan fingerprint density at radius 2 is 1.79 bits per heavy atom. The fraction of sp³-hybridized carbons (Fsp3) is 0.179. The number of ketones is 1. The molecule has 0 bridgehead atoms. The highest BCUT2D eigenvalue weighted by Crippen LogP contribution is 2.38. The molecule has 1 aliphatic rings. The van der Waals surface area contributed by atoms with Crippen molar-refractivity contribution in [1.82, 2.24) is 15.2 Å². The molecule has 38 heavy (non-hydrogen) atoms. The summed E-state index contributed by atoms with van der Waals surface area (Å²) in [5.41, 5.74) is 3.83. The zero-order valence-electron chi connectivity index (χ0n) is 20.9. The van der Waals surface area contributed by atoms with Crippen LogP contribution in [0.25, 0.3) is 6.08 Å². The first-order valence-corrected chi connectivity index (χ1v) is 14.4. The van der Waals surface area contributed by atoms with Crippen LogP contribution in [0, 0.1) is 20.8 Å². The lowest BCUT2D eigenvalue weighted by molar-refractivity contribution is -0.116. The summed E-state index contributed by atoms with van der Waals surface area (Å²) in [4.78, 5) is 33.1. The Bertz CT molecular complexity index is 1560. The summed E-state index contributed by atoms with van der Waals surface area (Å²) >= 11 is 4.02. The minimum atomic E-state index is -0.847. The van der Waals surface area contributed by atoms with Gasteiger partial charge in [0.2, 0.25) is 10.9 Å². The number of aryl methyl sites for hydroxylation is 3. The first-order chi connectivity index (χ1) is 18.3. The summed E-state index contributed by atoms with van der Waals surface area (Å²) in [7, 11) is 0. The van der Waals surface area contributed by atoms with Gasteiger partial charge in [-0.2, -0.15) is 0 Å². The van der Waals surface area contributed by atoms with Crippen LogP contribution < -0.4 is 4.90 Å². The van der Waals surface area contributed by atoms with Gasteiger partial charge in [0.1, 0.15) is 0 Å². The molecular weight excluding hydrogens is 537 g/mol. The molecule has 2 aromatic heterocycles. The quantitative estimate of drug-likeness (QED) is 0.153. The number of hydrogen-bond acceptors (Lipinski definition) is 9. The van der Waals surface area contributed by atoms with Gasteiger partial charge in [0.25, 0.3) is 5.91 Å². The Kier molecular flexibility index (Phi) is 7.55. The molecule has 1 aliphatic heterocycles. The van der Waals surface area contributed by atoms with E-state index in [4.69, 9.17) is 0 Å². The van der Waals surface area contributed by atoms with Gasteiger partial charge < -0.3 is 5.11 Å². The number of nitrogens with zero attached hydrogens (tertiary/aromatic N) is 4. The lowest BCUT2D eigenvalue weighted by atomic mass is 10.0. The number of anilines is 1. The predicted molar refractivity (Wildman–Crippen MR) is 153 cm³/mol. The van der Waals surface area contributed by atoms with E-state index in [2.05, 4.69) is 39.4 Å². The predicted octanol–water partition coefficient (Wildman–Crippen LogP) is 6.34. The summed E-state index contributed by atoms with van der Waals surface area (Å²) in [5, 5.41) is 20.5. The number of carbonyl (C=O) groups excluding carboxylic acids is 2. The molecule has 0 radical (unpaired) electrons. The van der Waals surface area contributed by atoms with Crippen molar-refractivity contribution in [2.45, 2.75) is 36.9 Å². The molecule has 1 N–H and O–H groups in total. The normalized spacial score (nSPS) is 15.7. The third-order valence-electron chi connectivity index (χ3n) is 5.96. The average Bonchev–Trinajstić information content (AvgIpc) is 3.58. The maximum atomic E-state index is 13.6. The Morgan fingerprint density at radius 1 is 1.05 bits per heavy atom. The van der Waals surface area contributed by atoms with Crippen molar-refractivity contribution < 1.29 is 14.7 Å². The zero-order chi connectivity index (χ0) is 26.8. The van der Waals surface area contributed by atoms with Crippen LogP contribution in [0.15, 0.2) is 76.3 Å². The molecule has 0 fully saturated rings. The van der Waals surface area contributed by atoms with Crippen LogP contribution in [-0.2, 0) is 10.5 Å². The Morgan fingerprint density at radius 3 is 2.47 bits per heavy atom. The van der Waals surface area contributed by atoms with Gasteiger partial charge in [0, 0.05) is 5.75 Å². The van der Waals surface area contributed by atoms with Crippen molar-refractivity contribution in [2.75, 3.05) is 4.90 Å². The molecule has 10 heteroatoms. The van der Waals surface area contributed by atoms with Gasteiger partial charge in [0.05, 0.1) is 27.2 Å². The molecule has 0 saturated heterocycles. The first-order valence-electron chi connectivity index (χ1n) is 11.8. The maximum absolute atomic E-state index is 13.6. The molecule has 3 heterocycles. The van der Waals surface area contributed by atoms with E-state index in [9.17, 15) is 14.7 Å². The Hall–Kier alpha value is -3.60. The minimum Gasteiger partial charge on any atom is -0.503 e. The van der Waals surface area contributed by atoms with Crippen molar-refractivity contribution in [3.05, 3.63) is 104 Å². The number of amides is 1. The van der Waals surface area contributed by atoms with Crippen LogP contribution in [0.2, 0.25) is 0 Å². The number of benzene rings is 2. The van der Waals surface area contributed by atoms with Crippen LogP contribution >= 0.6 is 34.4 Å². The topological polar surface area (TPSA) is 96.3 Å². The van der Waals surface area contributed by atoms with Crippen molar-refractivity contribution in [1.29, 1.82) is 0 Å². The molecule has 0 spiro atoms. The van der Waals surface area contributed by atoms with Gasteiger partial charge in [-0.25, -0.2) is 4.98 Å². The highest BCUT2D eigenvalue weighted by atomic mass is 32.2. The molecule has 4 aromatic rings. The highest BCUT2D eigenvalue weighted by molar-refractivity contribution is 8.00. The van der Waals surface area contributed by atoms with Crippen LogP contribution in [0.5, 0.6) is 0 Å². The third-order valence-corrected chi connectivity index (χ3v) is 9.16. The van der Waals surface area contributed by atoms with E-state index >= 15 is 0 Å². The fourth-order valence-electron chi connectivity index (χ4n) is 4.07. The molecule has 1 amide bonds. The van der Waals surface area contributed by atoms with E-state index < -0.39 is 23.5 Å². The van der Waals surface area contributed by atoms with E-state index in [1.54, 1.807) is 13.0 Å². The van der Waals surface area contributed by atoms with Crippen LogP contribution in [0.1, 0.15) is 37.1 Å². The molecular formula is C28H24N4O3S3. The number of aliphatic hydroxyl groups excluding tert-OH is 1. The van der Waals surface area contributed by atoms with Gasteiger partial charge in [0.15, 0.2) is 10.1 Å². The lowest BCUT2D eigenvalue weighted by Gasteiger charge is -2.20. The molecule has 1 atom stereocenters. The molecule has 2 aromatic carbocycles. The average molecular weight is 561 g/mol. The largest absolute Gasteiger partial charge is 0.503 e. The molecule has 7 nitrogen and oxygen atoms in total. The first kappa shape index (κ1) is 26.0. The fourth-order valence-corrected chi connectivity index (χ4v) is 6.78. The molecule has 1 unspecified atom stereocenters. The van der Waals surface area contributed by atoms with E-state index in [0.29, 0.717) is 25.8 Å². The maximum Gasteiger partial charge on any atom is 0.296 e. The minimum absolute atomic E-state index is 0.0120. The lowest BCUT2D eigenvalue weighted by Crippen LogP contribution is -2.35. The second-order valence-electron chi connectivity index (χ2n) is 8.75. The van der Waals surface area contributed by atoms with Gasteiger partial charge in [-0.05, 0) is 31.9 Å². The second kappa shape index (κ2) is 11.0. The molecule has 192 valence electrons. The van der Waals surface area contributed by atoms with Crippen molar-refractivity contribution in [2.24, 2.45) is 0 Å². The summed E-state index contributed by atoms with van der Waals surface area (Å²) in [6.45, 7) is 5.61. The van der Waals surface area contributed by atoms with Crippen LogP contribution in [0.4, 0.5) is 5.13 Å². The smallest absolute Gasteiger partial charge is 0.296 e. The number of thiazole rings is 1. The van der Waals surface area contributed by atoms with Gasteiger partial charge in [-0.15, -0.1) is 21.5 Å². The second-order valence-corrected chi connectivity index (χ2v) is 12.1. The molecule has 0 aliphatic carbocycles. The molecule has 0 saturated carbocycles. The standard InChI is InChI=1S/C28H24N4O3S3/c1-16-9-11-20(12-10-16)15-36-28-31-30-27(38-28)32-21(14-13-19-7-5-4-6-8-19)22(24(34)26(32)35)23(33)25-17(2)29-18(3)37-25/h4-14,21,34H,15H2,1-3H3. The number of hydrogen-bond donors (Lipinski definition) is 1. The number of carbonyl (C=O) groups is 2. The third kappa shape index (κ3) is 5.33. The van der Waals surface area contributed by atoms with Crippen molar-refractivity contribution in [3.63, 3.8) is 0 Å². The van der Waals surface area contributed by atoms with Crippen molar-refractivity contribution in [3.8, 4) is 0 Å². The monoisotopic (exact) mass is 560 g/mol. The van der Waals surface area contributed by atoms with E-state index in [1.807, 2.05) is 50.3 Å². The number of thioether (sulfide) groups is 1. The summed E-state index contributed by atoms with van der Waals surface area (Å²) in [5.74, 6) is -0.965. The summed E-state index contributed by atoms with van der Waals surface area (Å²) in [6.07, 6.45) is 3.57. The van der Waals surface area contributed by atoms with Gasteiger partial charge in [-0.1, -0.05) is 95.4 Å². The highest BCUT2D eigenvalue weighted by Gasteiger charge is 2.44. The summed E-state index contributed by atoms with van der Waals surface area (Å²) in [6, 6.07) is 17.0. The van der Waals surface area contributed by atoms with E-state index in [-0.39, 0.29) is 5.57 Å². The zero-order valence-corrected chi connectivity index (χ0v) is 23.4. The Labute approximate surface area is 232 Å². The number of Topliss-reactive ketones (excluding diaryl/α,β-unsaturated/α-hetero) is 1. The van der Waals surface area contributed by atoms with E-state index in [0.717, 1.165) is 16.1 Å². The van der Waals surface area contributed by atoms with Crippen LogP contribution in [-0.4, -0.2) is 38.0 Å². The summed E-state index contributed by atoms with van der Waals surface area (Å²) < 4.78 is 0.687. The van der Waals surface area contributed by atoms with Crippen molar-refractivity contribution >= 4 is 57.3 Å². The number of aliphatic hydroxyl groups is 1. The van der Waals surface area contributed by atoms with Gasteiger partial charge in [-0.3, -0.25) is 14.5 Å². The van der Waals surface area contributed by atoms with E-state index in [1.165, 1.54) is 44.9 Å². The number of aromatic nitrogens is 3. The number of rotatable bonds is 8. The van der Waals surface area contributed by atoms with Crippen LogP contribution in [0.3, 0.4) is 0 Å². The van der Waals surface area contributed by atoms with Gasteiger partial charge >= 0.3 is 0 Å². The molecule has 5 rings (SSSR count). The SMILES string of the molecule is Cc1ccc(CSc2nnc(N3C(=O)C(O)=C(C(=O)c4sc(C)nc4C)C3C=Cc3ccccc3)s2)cc1.